The van der Waals surface area contributed by atoms with Gasteiger partial charge in [-0.15, -0.1) is 10.2 Å². The maximum absolute atomic E-state index is 14.7. The molecule has 4 heterocycles. The molecule has 32 heavy (non-hydrogen) atoms. The van der Waals surface area contributed by atoms with Crippen LogP contribution in [0.3, 0.4) is 0 Å². The molecule has 2 aliphatic heterocycles. The molecule has 1 fully saturated rings. The number of carbonyl (C=O) groups is 1. The number of amides is 1. The Bertz CT molecular complexity index is 1210. The van der Waals surface area contributed by atoms with Gasteiger partial charge in [-0.1, -0.05) is 12.1 Å². The van der Waals surface area contributed by atoms with Crippen molar-refractivity contribution in [3.63, 3.8) is 0 Å². The minimum absolute atomic E-state index is 0.0716. The van der Waals surface area contributed by atoms with Gasteiger partial charge in [0, 0.05) is 12.2 Å². The van der Waals surface area contributed by atoms with Crippen LogP contribution in [0.4, 0.5) is 17.6 Å². The molecule has 0 aliphatic carbocycles. The summed E-state index contributed by atoms with van der Waals surface area (Å²) in [4.78, 5) is 19.1. The van der Waals surface area contributed by atoms with Crippen molar-refractivity contribution < 1.29 is 27.1 Å². The minimum atomic E-state index is -4.91. The predicted octanol–water partition coefficient (Wildman–Crippen LogP) is 3.40. The van der Waals surface area contributed by atoms with Crippen molar-refractivity contribution in [1.29, 1.82) is 0 Å². The third kappa shape index (κ3) is 3.24. The van der Waals surface area contributed by atoms with Crippen LogP contribution >= 0.6 is 0 Å². The summed E-state index contributed by atoms with van der Waals surface area (Å²) >= 11 is 0. The number of alkyl halides is 3. The molecule has 2 bridgehead atoms. The monoisotopic (exact) mass is 447 g/mol. The van der Waals surface area contributed by atoms with Gasteiger partial charge in [-0.25, -0.2) is 9.37 Å². The highest BCUT2D eigenvalue weighted by atomic mass is 19.4. The van der Waals surface area contributed by atoms with Gasteiger partial charge in [0.15, 0.2) is 11.6 Å². The molecule has 0 saturated carbocycles. The number of hydrogen-bond donors (Lipinski definition) is 0. The first kappa shape index (κ1) is 20.6. The molecule has 166 valence electrons. The Balaban J connectivity index is 1.55. The summed E-state index contributed by atoms with van der Waals surface area (Å²) in [6.45, 7) is 2.32. The summed E-state index contributed by atoms with van der Waals surface area (Å²) in [5.74, 6) is -1.48. The summed E-state index contributed by atoms with van der Waals surface area (Å²) in [6, 6.07) is 6.96. The van der Waals surface area contributed by atoms with Crippen molar-refractivity contribution in [2.75, 3.05) is 13.2 Å². The zero-order valence-corrected chi connectivity index (χ0v) is 16.8. The van der Waals surface area contributed by atoms with Crippen LogP contribution in [-0.4, -0.2) is 49.8 Å². The first-order chi connectivity index (χ1) is 15.3. The van der Waals surface area contributed by atoms with Gasteiger partial charge >= 0.3 is 6.18 Å². The number of morpholine rings is 1. The van der Waals surface area contributed by atoms with Crippen LogP contribution in [0.15, 0.2) is 36.4 Å². The molecule has 5 rings (SSSR count). The van der Waals surface area contributed by atoms with Gasteiger partial charge < -0.3 is 14.2 Å². The van der Waals surface area contributed by atoms with Gasteiger partial charge in [0.05, 0.1) is 30.4 Å². The molecule has 0 spiro atoms. The van der Waals surface area contributed by atoms with Crippen LogP contribution in [0.25, 0.3) is 11.5 Å². The number of aryl methyl sites for hydroxylation is 1. The van der Waals surface area contributed by atoms with Crippen molar-refractivity contribution in [3.05, 3.63) is 64.9 Å². The van der Waals surface area contributed by atoms with E-state index in [2.05, 4.69) is 15.2 Å². The Labute approximate surface area is 179 Å². The molecule has 7 nitrogen and oxygen atoms in total. The second-order valence-electron chi connectivity index (χ2n) is 7.74. The average Bonchev–Trinajstić information content (AvgIpc) is 3.16. The van der Waals surface area contributed by atoms with E-state index in [0.29, 0.717) is 23.4 Å². The average molecular weight is 447 g/mol. The molecule has 2 atom stereocenters. The Morgan fingerprint density at radius 1 is 1.12 bits per heavy atom. The Kier molecular flexibility index (Phi) is 4.73. The third-order valence-electron chi connectivity index (χ3n) is 5.67. The van der Waals surface area contributed by atoms with E-state index in [4.69, 9.17) is 4.74 Å². The number of rotatable bonds is 2. The van der Waals surface area contributed by atoms with Crippen molar-refractivity contribution in [2.24, 2.45) is 0 Å². The maximum atomic E-state index is 14.7. The minimum Gasteiger partial charge on any atom is -0.377 e. The van der Waals surface area contributed by atoms with Gasteiger partial charge in [-0.3, -0.25) is 4.79 Å². The number of hydrogen-bond acceptors (Lipinski definition) is 5. The smallest absolute Gasteiger partial charge is 0.377 e. The highest BCUT2D eigenvalue weighted by molar-refractivity contribution is 5.95. The lowest BCUT2D eigenvalue weighted by atomic mass is 10.0. The van der Waals surface area contributed by atoms with E-state index in [-0.39, 0.29) is 19.8 Å². The first-order valence-corrected chi connectivity index (χ1v) is 9.89. The fourth-order valence-corrected chi connectivity index (χ4v) is 4.24. The van der Waals surface area contributed by atoms with Gasteiger partial charge in [0.1, 0.15) is 17.6 Å². The molecule has 2 unspecified atom stereocenters. The SMILES string of the molecule is Cc1cccc(-c2nnc3n2CC2COCC3N2C(=O)c2cccc(C(F)(F)F)c2F)n1. The number of nitrogens with zero attached hydrogens (tertiary/aromatic N) is 5. The number of carbonyl (C=O) groups excluding carboxylic acids is 1. The zero-order chi connectivity index (χ0) is 22.6. The molecule has 2 aliphatic rings. The molecular weight excluding hydrogens is 430 g/mol. The van der Waals surface area contributed by atoms with E-state index in [0.717, 1.165) is 17.8 Å². The molecule has 1 amide bonds. The molecular formula is C21H17F4N5O2. The number of benzene rings is 1. The lowest BCUT2D eigenvalue weighted by Crippen LogP contribution is -2.56. The van der Waals surface area contributed by atoms with Crippen LogP contribution in [0.1, 0.15) is 33.5 Å². The maximum Gasteiger partial charge on any atom is 0.419 e. The second-order valence-corrected chi connectivity index (χ2v) is 7.74. The highest BCUT2D eigenvalue weighted by Gasteiger charge is 2.45. The number of pyridine rings is 1. The van der Waals surface area contributed by atoms with Crippen LogP contribution in [0, 0.1) is 12.7 Å². The summed E-state index contributed by atoms with van der Waals surface area (Å²) in [5, 5.41) is 8.45. The summed E-state index contributed by atoms with van der Waals surface area (Å²) in [6.07, 6.45) is -4.91. The van der Waals surface area contributed by atoms with Crippen LogP contribution in [0.2, 0.25) is 0 Å². The van der Waals surface area contributed by atoms with Crippen LogP contribution in [0.5, 0.6) is 0 Å². The summed E-state index contributed by atoms with van der Waals surface area (Å²) in [5.41, 5.74) is -0.689. The highest BCUT2D eigenvalue weighted by Crippen LogP contribution is 2.37. The molecule has 3 aromatic rings. The van der Waals surface area contributed by atoms with Crippen molar-refractivity contribution in [1.82, 2.24) is 24.6 Å². The standard InChI is InChI=1S/C21H17F4N5O2/c1-11-4-2-7-15(26-11)18-27-28-19-16-10-32-9-12(8-29(18)19)30(16)20(31)13-5-3-6-14(17(13)22)21(23,24)25/h2-7,12,16H,8-10H2,1H3. The lowest BCUT2D eigenvalue weighted by Gasteiger charge is -2.45. The van der Waals surface area contributed by atoms with Gasteiger partial charge in [-0.2, -0.15) is 13.2 Å². The van der Waals surface area contributed by atoms with Crippen molar-refractivity contribution >= 4 is 5.91 Å². The first-order valence-electron chi connectivity index (χ1n) is 9.89. The van der Waals surface area contributed by atoms with E-state index in [1.807, 2.05) is 23.6 Å². The largest absolute Gasteiger partial charge is 0.419 e. The Hall–Kier alpha value is -3.34. The molecule has 11 heteroatoms. The fraction of sp³-hybridized carbons (Fsp3) is 0.333. The normalized spacial score (nSPS) is 20.2. The van der Waals surface area contributed by atoms with Crippen molar-refractivity contribution in [3.8, 4) is 11.5 Å². The van der Waals surface area contributed by atoms with E-state index < -0.39 is 41.1 Å². The summed E-state index contributed by atoms with van der Waals surface area (Å²) < 4.78 is 61.5. The van der Waals surface area contributed by atoms with E-state index in [1.54, 1.807) is 6.07 Å². The van der Waals surface area contributed by atoms with Gasteiger partial charge in [-0.05, 0) is 31.2 Å². The molecule has 1 saturated heterocycles. The van der Waals surface area contributed by atoms with Crippen LogP contribution < -0.4 is 0 Å². The molecule has 1 aromatic carbocycles. The molecule has 2 aromatic heterocycles. The number of aromatic nitrogens is 4. The number of ether oxygens (including phenoxy) is 1. The zero-order valence-electron chi connectivity index (χ0n) is 16.8. The quantitative estimate of drug-likeness (QED) is 0.563. The van der Waals surface area contributed by atoms with E-state index >= 15 is 0 Å². The predicted molar refractivity (Wildman–Crippen MR) is 103 cm³/mol. The number of fused-ring (bicyclic) bond motifs is 4. The van der Waals surface area contributed by atoms with E-state index in [1.165, 1.54) is 4.90 Å². The topological polar surface area (TPSA) is 73.1 Å². The Morgan fingerprint density at radius 3 is 2.66 bits per heavy atom. The van der Waals surface area contributed by atoms with Crippen LogP contribution in [-0.2, 0) is 17.5 Å². The Morgan fingerprint density at radius 2 is 1.91 bits per heavy atom. The van der Waals surface area contributed by atoms with Crippen molar-refractivity contribution in [2.45, 2.75) is 31.7 Å². The second kappa shape index (κ2) is 7.37. The number of halogens is 4. The van der Waals surface area contributed by atoms with E-state index in [9.17, 15) is 22.4 Å². The van der Waals surface area contributed by atoms with Gasteiger partial charge in [0.25, 0.3) is 5.91 Å². The fourth-order valence-electron chi connectivity index (χ4n) is 4.24. The summed E-state index contributed by atoms with van der Waals surface area (Å²) in [7, 11) is 0. The molecule has 0 radical (unpaired) electrons. The lowest BCUT2D eigenvalue weighted by molar-refractivity contribution is -0.140. The molecule has 0 N–H and O–H groups in total. The third-order valence-corrected chi connectivity index (χ3v) is 5.67. The van der Waals surface area contributed by atoms with Gasteiger partial charge in [0.2, 0.25) is 0 Å².